The highest BCUT2D eigenvalue weighted by molar-refractivity contribution is 5.94. The highest BCUT2D eigenvalue weighted by Gasteiger charge is 2.30. The molecule has 0 radical (unpaired) electrons. The van der Waals surface area contributed by atoms with Crippen LogP contribution in [0.5, 0.6) is 0 Å². The maximum Gasteiger partial charge on any atom is 0.289 e. The number of hydrogen-bond donors (Lipinski definition) is 2. The van der Waals surface area contributed by atoms with Crippen LogP contribution >= 0.6 is 0 Å². The van der Waals surface area contributed by atoms with Crippen LogP contribution in [-0.2, 0) is 6.54 Å². The Kier molecular flexibility index (Phi) is 5.66. The molecule has 1 aliphatic rings. The molecule has 1 saturated carbocycles. The highest BCUT2D eigenvalue weighted by atomic mass is 16.3. The number of nitrogens with zero attached hydrogens (tertiary/aromatic N) is 3. The van der Waals surface area contributed by atoms with Crippen molar-refractivity contribution >= 4 is 28.0 Å². The van der Waals surface area contributed by atoms with Crippen LogP contribution in [0.15, 0.2) is 46.9 Å². The lowest BCUT2D eigenvalue weighted by Crippen LogP contribution is -2.47. The molecule has 2 aromatic carbocycles. The van der Waals surface area contributed by atoms with Gasteiger partial charge in [-0.2, -0.15) is 0 Å². The Morgan fingerprint density at radius 2 is 2.06 bits per heavy atom. The van der Waals surface area contributed by atoms with Gasteiger partial charge in [0.15, 0.2) is 17.3 Å². The summed E-state index contributed by atoms with van der Waals surface area (Å²) in [6.45, 7) is 5.37. The molecular weight excluding hydrogens is 402 g/mol. The molecule has 1 aliphatic carbocycles. The number of fused-ring (bicyclic) bond motifs is 2. The van der Waals surface area contributed by atoms with Gasteiger partial charge in [0.05, 0.1) is 11.0 Å². The fourth-order valence-electron chi connectivity index (χ4n) is 4.85. The van der Waals surface area contributed by atoms with E-state index in [4.69, 9.17) is 4.42 Å². The van der Waals surface area contributed by atoms with E-state index in [9.17, 15) is 4.79 Å². The number of benzene rings is 2. The molecule has 1 amide bonds. The fraction of sp³-hybridized carbons (Fsp3) is 0.400. The number of carbonyl (C=O) groups excluding carboxylic acids is 1. The van der Waals surface area contributed by atoms with E-state index in [0.29, 0.717) is 24.3 Å². The normalized spacial score (nSPS) is 18.9. The first-order valence-electron chi connectivity index (χ1n) is 11.5. The van der Waals surface area contributed by atoms with Crippen LogP contribution in [-0.4, -0.2) is 44.4 Å². The molecule has 2 N–H and O–H groups in total. The third kappa shape index (κ3) is 4.12. The smallest absolute Gasteiger partial charge is 0.289 e. The van der Waals surface area contributed by atoms with E-state index >= 15 is 0 Å². The van der Waals surface area contributed by atoms with Crippen molar-refractivity contribution in [2.24, 2.45) is 0 Å². The fourth-order valence-corrected chi connectivity index (χ4v) is 4.85. The van der Waals surface area contributed by atoms with Crippen LogP contribution in [0.2, 0.25) is 0 Å². The average molecular weight is 432 g/mol. The van der Waals surface area contributed by atoms with E-state index < -0.39 is 0 Å². The number of para-hydroxylation sites is 2. The second-order valence-electron chi connectivity index (χ2n) is 8.63. The van der Waals surface area contributed by atoms with Crippen molar-refractivity contribution in [2.75, 3.05) is 6.54 Å². The van der Waals surface area contributed by atoms with Gasteiger partial charge in [-0.3, -0.25) is 4.79 Å². The third-order valence-corrected chi connectivity index (χ3v) is 6.43. The monoisotopic (exact) mass is 431 g/mol. The minimum absolute atomic E-state index is 0.0128. The van der Waals surface area contributed by atoms with Crippen molar-refractivity contribution in [3.63, 3.8) is 0 Å². The Balaban J connectivity index is 1.24. The van der Waals surface area contributed by atoms with E-state index in [2.05, 4.69) is 32.4 Å². The Labute approximate surface area is 187 Å². The van der Waals surface area contributed by atoms with Crippen molar-refractivity contribution in [1.82, 2.24) is 25.2 Å². The summed E-state index contributed by atoms with van der Waals surface area (Å²) in [6.07, 6.45) is 4.21. The van der Waals surface area contributed by atoms with Gasteiger partial charge >= 0.3 is 0 Å². The second kappa shape index (κ2) is 8.74. The maximum absolute atomic E-state index is 13.3. The summed E-state index contributed by atoms with van der Waals surface area (Å²) in [5.41, 5.74) is 4.64. The molecule has 2 atom stereocenters. The third-order valence-electron chi connectivity index (χ3n) is 6.43. The minimum Gasteiger partial charge on any atom is -0.441 e. The number of hydrogen-bond acceptors (Lipinski definition) is 5. The zero-order valence-electron chi connectivity index (χ0n) is 18.6. The topological polar surface area (TPSA) is 87.0 Å². The molecule has 0 saturated heterocycles. The molecule has 0 spiro atoms. The van der Waals surface area contributed by atoms with Gasteiger partial charge in [-0.15, -0.1) is 0 Å². The Morgan fingerprint density at radius 1 is 1.19 bits per heavy atom. The van der Waals surface area contributed by atoms with Crippen molar-refractivity contribution in [1.29, 1.82) is 0 Å². The van der Waals surface area contributed by atoms with Crippen LogP contribution in [0.3, 0.4) is 0 Å². The van der Waals surface area contributed by atoms with Crippen LogP contribution in [0.4, 0.5) is 0 Å². The number of carbonyl (C=O) groups is 1. The van der Waals surface area contributed by atoms with E-state index in [1.165, 1.54) is 5.56 Å². The lowest BCUT2D eigenvalue weighted by atomic mass is 9.89. The number of imidazole rings is 1. The summed E-state index contributed by atoms with van der Waals surface area (Å²) in [7, 11) is 0. The second-order valence-corrected chi connectivity index (χ2v) is 8.63. The molecule has 2 aromatic heterocycles. The van der Waals surface area contributed by atoms with Crippen LogP contribution < -0.4 is 5.32 Å². The molecule has 0 aliphatic heterocycles. The zero-order chi connectivity index (χ0) is 22.1. The predicted octanol–water partition coefficient (Wildman–Crippen LogP) is 4.58. The number of rotatable bonds is 6. The van der Waals surface area contributed by atoms with Crippen LogP contribution in [0, 0.1) is 6.92 Å². The number of aryl methyl sites for hydroxylation is 1. The largest absolute Gasteiger partial charge is 0.441 e. The molecule has 32 heavy (non-hydrogen) atoms. The van der Waals surface area contributed by atoms with Crippen LogP contribution in [0.1, 0.15) is 54.7 Å². The molecular formula is C25H29N5O2. The molecule has 0 bridgehead atoms. The standard InChI is InChI=1S/C25H29N5O2/c1-3-30(25(31)24-28-20-9-4-5-10-21(20)29-24)19-8-6-7-18(14-19)26-15-17-11-12-23-22(13-17)27-16(2)32-23/h4-5,9-13,18-19,26H,3,6-8,14-15H2,1-2H3,(H,28,29)/t18-,19+/m1/s1. The number of aromatic amines is 1. The van der Waals surface area contributed by atoms with Gasteiger partial charge in [-0.1, -0.05) is 18.2 Å². The summed E-state index contributed by atoms with van der Waals surface area (Å²) < 4.78 is 5.57. The number of nitrogens with one attached hydrogen (secondary N) is 2. The lowest BCUT2D eigenvalue weighted by molar-refractivity contribution is 0.0617. The quantitative estimate of drug-likeness (QED) is 0.467. The number of amides is 1. The maximum atomic E-state index is 13.3. The first kappa shape index (κ1) is 20.7. The molecule has 4 aromatic rings. The number of aromatic nitrogens is 3. The first-order chi connectivity index (χ1) is 15.6. The van der Waals surface area contributed by atoms with Crippen molar-refractivity contribution in [3.8, 4) is 0 Å². The minimum atomic E-state index is -0.0128. The first-order valence-corrected chi connectivity index (χ1v) is 11.5. The van der Waals surface area contributed by atoms with E-state index in [1.807, 2.05) is 49.1 Å². The molecule has 2 heterocycles. The number of H-pyrrole nitrogens is 1. The summed E-state index contributed by atoms with van der Waals surface area (Å²) in [5.74, 6) is 1.11. The average Bonchev–Trinajstić information content (AvgIpc) is 3.40. The van der Waals surface area contributed by atoms with Crippen molar-refractivity contribution in [2.45, 2.75) is 58.2 Å². The van der Waals surface area contributed by atoms with E-state index in [-0.39, 0.29) is 11.9 Å². The molecule has 0 unspecified atom stereocenters. The van der Waals surface area contributed by atoms with Crippen molar-refractivity contribution < 1.29 is 9.21 Å². The number of oxazole rings is 1. The molecule has 7 nitrogen and oxygen atoms in total. The molecule has 7 heteroatoms. The van der Waals surface area contributed by atoms with Gasteiger partial charge in [0.1, 0.15) is 5.52 Å². The summed E-state index contributed by atoms with van der Waals surface area (Å²) in [6, 6.07) is 14.5. The van der Waals surface area contributed by atoms with Gasteiger partial charge in [0.2, 0.25) is 0 Å². The molecule has 166 valence electrons. The Hall–Kier alpha value is -3.19. The molecule has 5 rings (SSSR count). The zero-order valence-corrected chi connectivity index (χ0v) is 18.6. The van der Waals surface area contributed by atoms with E-state index in [0.717, 1.165) is 54.4 Å². The summed E-state index contributed by atoms with van der Waals surface area (Å²) in [5, 5.41) is 3.70. The van der Waals surface area contributed by atoms with Gasteiger partial charge < -0.3 is 19.6 Å². The van der Waals surface area contributed by atoms with Crippen LogP contribution in [0.25, 0.3) is 22.1 Å². The van der Waals surface area contributed by atoms with Gasteiger partial charge in [-0.05, 0) is 62.4 Å². The van der Waals surface area contributed by atoms with E-state index in [1.54, 1.807) is 0 Å². The van der Waals surface area contributed by atoms with Gasteiger partial charge in [0.25, 0.3) is 5.91 Å². The van der Waals surface area contributed by atoms with Crippen molar-refractivity contribution in [3.05, 3.63) is 59.7 Å². The van der Waals surface area contributed by atoms with Gasteiger partial charge in [-0.25, -0.2) is 9.97 Å². The summed E-state index contributed by atoms with van der Waals surface area (Å²) >= 11 is 0. The summed E-state index contributed by atoms with van der Waals surface area (Å²) in [4.78, 5) is 27.4. The Morgan fingerprint density at radius 3 is 2.91 bits per heavy atom. The predicted molar refractivity (Wildman–Crippen MR) is 124 cm³/mol. The van der Waals surface area contributed by atoms with Gasteiger partial charge in [0, 0.05) is 32.1 Å². The SMILES string of the molecule is CCN(C(=O)c1nc2ccccc2[nH]1)[C@H]1CCC[C@@H](NCc2ccc3oc(C)nc3c2)C1. The molecule has 1 fully saturated rings. The Bertz CT molecular complexity index is 1210. The highest BCUT2D eigenvalue weighted by Crippen LogP contribution is 2.25. The lowest BCUT2D eigenvalue weighted by Gasteiger charge is -2.37.